The molecule has 1 aliphatic rings. The third-order valence-electron chi connectivity index (χ3n) is 5.27. The van der Waals surface area contributed by atoms with Crippen LogP contribution in [-0.2, 0) is 20.7 Å². The first-order valence-corrected chi connectivity index (χ1v) is 10.4. The zero-order chi connectivity index (χ0) is 20.5. The molecular weight excluding hydrogens is 364 g/mol. The van der Waals surface area contributed by atoms with E-state index in [1.165, 1.54) is 5.56 Å². The third kappa shape index (κ3) is 6.43. The van der Waals surface area contributed by atoms with Crippen LogP contribution in [0.5, 0.6) is 0 Å². The summed E-state index contributed by atoms with van der Waals surface area (Å²) in [7, 11) is 0. The van der Waals surface area contributed by atoms with Crippen molar-refractivity contribution in [1.29, 1.82) is 0 Å². The zero-order valence-corrected chi connectivity index (χ0v) is 17.1. The molecule has 0 aliphatic carbocycles. The molecule has 1 N–H and O–H groups in total. The SMILES string of the molecule is Cc1ccc(CCC(=O)NCCOC(=O)C(c2ccccc2)N2CCCC2)cc1. The molecule has 5 heteroatoms. The summed E-state index contributed by atoms with van der Waals surface area (Å²) in [5.74, 6) is -0.271. The highest BCUT2D eigenvalue weighted by molar-refractivity contribution is 5.78. The van der Waals surface area contributed by atoms with Gasteiger partial charge in [0.2, 0.25) is 5.91 Å². The number of ether oxygens (including phenoxy) is 1. The Morgan fingerprint density at radius 2 is 1.72 bits per heavy atom. The lowest BCUT2D eigenvalue weighted by molar-refractivity contribution is -0.150. The van der Waals surface area contributed by atoms with Crippen molar-refractivity contribution in [2.45, 2.75) is 38.6 Å². The van der Waals surface area contributed by atoms with E-state index in [4.69, 9.17) is 4.74 Å². The Kier molecular flexibility index (Phi) is 7.82. The van der Waals surface area contributed by atoms with Gasteiger partial charge in [0.25, 0.3) is 0 Å². The fourth-order valence-electron chi connectivity index (χ4n) is 3.65. The second-order valence-corrected chi connectivity index (χ2v) is 7.56. The molecule has 3 rings (SSSR count). The summed E-state index contributed by atoms with van der Waals surface area (Å²) in [6, 6.07) is 17.6. The van der Waals surface area contributed by atoms with Gasteiger partial charge in [-0.25, -0.2) is 4.79 Å². The molecule has 154 valence electrons. The average Bonchev–Trinajstić information content (AvgIpc) is 3.26. The van der Waals surface area contributed by atoms with Gasteiger partial charge in [0.05, 0.1) is 6.54 Å². The highest BCUT2D eigenvalue weighted by Gasteiger charge is 2.30. The lowest BCUT2D eigenvalue weighted by atomic mass is 10.1. The minimum Gasteiger partial charge on any atom is -0.462 e. The molecule has 1 unspecified atom stereocenters. The molecule has 1 fully saturated rings. The van der Waals surface area contributed by atoms with Crippen molar-refractivity contribution >= 4 is 11.9 Å². The molecule has 0 aromatic heterocycles. The van der Waals surface area contributed by atoms with E-state index in [-0.39, 0.29) is 24.5 Å². The van der Waals surface area contributed by atoms with Crippen LogP contribution in [0.4, 0.5) is 0 Å². The van der Waals surface area contributed by atoms with Gasteiger partial charge in [0.15, 0.2) is 0 Å². The van der Waals surface area contributed by atoms with E-state index in [0.717, 1.165) is 37.1 Å². The van der Waals surface area contributed by atoms with Gasteiger partial charge in [0.1, 0.15) is 12.6 Å². The lowest BCUT2D eigenvalue weighted by Crippen LogP contribution is -2.35. The van der Waals surface area contributed by atoms with Crippen molar-refractivity contribution in [2.24, 2.45) is 0 Å². The van der Waals surface area contributed by atoms with Crippen molar-refractivity contribution in [3.63, 3.8) is 0 Å². The van der Waals surface area contributed by atoms with Crippen LogP contribution in [0.25, 0.3) is 0 Å². The molecule has 0 radical (unpaired) electrons. The topological polar surface area (TPSA) is 58.6 Å². The number of carbonyl (C=O) groups excluding carboxylic acids is 2. The summed E-state index contributed by atoms with van der Waals surface area (Å²) in [5.41, 5.74) is 3.32. The highest BCUT2D eigenvalue weighted by atomic mass is 16.5. The Morgan fingerprint density at radius 3 is 2.41 bits per heavy atom. The van der Waals surface area contributed by atoms with Crippen molar-refractivity contribution < 1.29 is 14.3 Å². The fourth-order valence-corrected chi connectivity index (χ4v) is 3.65. The largest absolute Gasteiger partial charge is 0.462 e. The van der Waals surface area contributed by atoms with Crippen LogP contribution in [-0.4, -0.2) is 43.0 Å². The first kappa shape index (κ1) is 21.1. The van der Waals surface area contributed by atoms with Gasteiger partial charge < -0.3 is 10.1 Å². The Bertz CT molecular complexity index is 784. The summed E-state index contributed by atoms with van der Waals surface area (Å²) in [5, 5.41) is 2.84. The maximum absolute atomic E-state index is 12.7. The maximum atomic E-state index is 12.7. The summed E-state index contributed by atoms with van der Waals surface area (Å²) >= 11 is 0. The van der Waals surface area contributed by atoms with Crippen LogP contribution in [0.2, 0.25) is 0 Å². The van der Waals surface area contributed by atoms with E-state index in [0.29, 0.717) is 19.4 Å². The summed E-state index contributed by atoms with van der Waals surface area (Å²) in [6.07, 6.45) is 3.34. The number of hydrogen-bond donors (Lipinski definition) is 1. The van der Waals surface area contributed by atoms with Crippen LogP contribution in [0.1, 0.15) is 42.0 Å². The number of likely N-dealkylation sites (tertiary alicyclic amines) is 1. The number of benzene rings is 2. The smallest absolute Gasteiger partial charge is 0.328 e. The summed E-state index contributed by atoms with van der Waals surface area (Å²) in [6.45, 7) is 4.38. The Morgan fingerprint density at radius 1 is 1.03 bits per heavy atom. The number of nitrogens with one attached hydrogen (secondary N) is 1. The third-order valence-corrected chi connectivity index (χ3v) is 5.27. The van der Waals surface area contributed by atoms with Crippen LogP contribution < -0.4 is 5.32 Å². The van der Waals surface area contributed by atoms with Gasteiger partial charge in [-0.15, -0.1) is 0 Å². The molecule has 1 saturated heterocycles. The first-order chi connectivity index (χ1) is 14.1. The fraction of sp³-hybridized carbons (Fsp3) is 0.417. The molecular formula is C24H30N2O3. The molecule has 0 saturated carbocycles. The van der Waals surface area contributed by atoms with E-state index in [2.05, 4.69) is 22.3 Å². The number of aryl methyl sites for hydroxylation is 2. The van der Waals surface area contributed by atoms with E-state index in [9.17, 15) is 9.59 Å². The van der Waals surface area contributed by atoms with Gasteiger partial charge in [0, 0.05) is 6.42 Å². The van der Waals surface area contributed by atoms with E-state index < -0.39 is 0 Å². The molecule has 5 nitrogen and oxygen atoms in total. The summed E-state index contributed by atoms with van der Waals surface area (Å²) in [4.78, 5) is 26.9. The van der Waals surface area contributed by atoms with Crippen molar-refractivity contribution in [3.05, 3.63) is 71.3 Å². The van der Waals surface area contributed by atoms with Crippen molar-refractivity contribution in [3.8, 4) is 0 Å². The Labute approximate surface area is 173 Å². The molecule has 0 bridgehead atoms. The first-order valence-electron chi connectivity index (χ1n) is 10.4. The number of nitrogens with zero attached hydrogens (tertiary/aromatic N) is 1. The summed E-state index contributed by atoms with van der Waals surface area (Å²) < 4.78 is 5.50. The minimum atomic E-state index is -0.365. The van der Waals surface area contributed by atoms with Crippen LogP contribution in [0.15, 0.2) is 54.6 Å². The predicted octanol–water partition coefficient (Wildman–Crippen LogP) is 3.42. The average molecular weight is 395 g/mol. The highest BCUT2D eigenvalue weighted by Crippen LogP contribution is 2.26. The van der Waals surface area contributed by atoms with Crippen molar-refractivity contribution in [2.75, 3.05) is 26.2 Å². The Balaban J connectivity index is 1.41. The van der Waals surface area contributed by atoms with Gasteiger partial charge in [-0.2, -0.15) is 0 Å². The monoisotopic (exact) mass is 394 g/mol. The molecule has 2 aromatic carbocycles. The Hall–Kier alpha value is -2.66. The zero-order valence-electron chi connectivity index (χ0n) is 17.1. The standard InChI is InChI=1S/C24H30N2O3/c1-19-9-11-20(12-10-19)13-14-22(27)25-15-18-29-24(28)23(26-16-5-6-17-26)21-7-3-2-4-8-21/h2-4,7-12,23H,5-6,13-18H2,1H3,(H,25,27). The molecule has 29 heavy (non-hydrogen) atoms. The second-order valence-electron chi connectivity index (χ2n) is 7.56. The normalized spacial score (nSPS) is 15.1. The lowest BCUT2D eigenvalue weighted by Gasteiger charge is -2.26. The quantitative estimate of drug-likeness (QED) is 0.523. The maximum Gasteiger partial charge on any atom is 0.328 e. The number of hydrogen-bond acceptors (Lipinski definition) is 4. The molecule has 1 heterocycles. The van der Waals surface area contributed by atoms with E-state index >= 15 is 0 Å². The number of amides is 1. The molecule has 2 aromatic rings. The van der Waals surface area contributed by atoms with Crippen LogP contribution >= 0.6 is 0 Å². The minimum absolute atomic E-state index is 0.0271. The predicted molar refractivity (Wildman–Crippen MR) is 113 cm³/mol. The number of carbonyl (C=O) groups is 2. The van der Waals surface area contributed by atoms with Crippen molar-refractivity contribution in [1.82, 2.24) is 10.2 Å². The van der Waals surface area contributed by atoms with Gasteiger partial charge in [-0.3, -0.25) is 9.69 Å². The molecule has 1 aliphatic heterocycles. The molecule has 1 amide bonds. The van der Waals surface area contributed by atoms with Gasteiger partial charge in [-0.05, 0) is 50.4 Å². The number of rotatable bonds is 9. The molecule has 1 atom stereocenters. The van der Waals surface area contributed by atoms with Crippen LogP contribution in [0.3, 0.4) is 0 Å². The number of esters is 1. The second kappa shape index (κ2) is 10.8. The van der Waals surface area contributed by atoms with Gasteiger partial charge in [-0.1, -0.05) is 60.2 Å². The van der Waals surface area contributed by atoms with E-state index in [1.807, 2.05) is 49.4 Å². The molecule has 0 spiro atoms. The van der Waals surface area contributed by atoms with Gasteiger partial charge >= 0.3 is 5.97 Å². The van der Waals surface area contributed by atoms with E-state index in [1.54, 1.807) is 0 Å². The van der Waals surface area contributed by atoms with Crippen LogP contribution in [0, 0.1) is 6.92 Å².